The van der Waals surface area contributed by atoms with Crippen LogP contribution in [0.2, 0.25) is 0 Å². The Bertz CT molecular complexity index is 1040. The predicted octanol–water partition coefficient (Wildman–Crippen LogP) is 4.01. The Morgan fingerprint density at radius 3 is 2.52 bits per heavy atom. The molecule has 0 radical (unpaired) electrons. The van der Waals surface area contributed by atoms with Gasteiger partial charge in [-0.05, 0) is 30.7 Å². The Labute approximate surface area is 152 Å². The molecule has 0 aliphatic rings. The van der Waals surface area contributed by atoms with Crippen molar-refractivity contribution in [3.63, 3.8) is 0 Å². The van der Waals surface area contributed by atoms with E-state index in [0.717, 1.165) is 10.6 Å². The number of nitrogens with zero attached hydrogens (tertiary/aromatic N) is 2. The molecule has 3 aromatic rings. The monoisotopic (exact) mass is 375 g/mol. The van der Waals surface area contributed by atoms with Crippen LogP contribution in [0.15, 0.2) is 59.7 Å². The van der Waals surface area contributed by atoms with E-state index in [1.54, 1.807) is 31.2 Å². The van der Waals surface area contributed by atoms with Crippen LogP contribution in [-0.4, -0.2) is 15.5 Å². The Kier molecular flexibility index (Phi) is 4.98. The van der Waals surface area contributed by atoms with Gasteiger partial charge in [0.1, 0.15) is 6.04 Å². The number of benzene rings is 2. The minimum Gasteiger partial charge on any atom is -0.324 e. The van der Waals surface area contributed by atoms with Crippen LogP contribution >= 0.6 is 0 Å². The zero-order valence-corrected chi connectivity index (χ0v) is 14.3. The quantitative estimate of drug-likeness (QED) is 0.750. The number of alkyl halides is 3. The number of carbonyl (C=O) groups excluding carboxylic acids is 1. The van der Waals surface area contributed by atoms with Crippen molar-refractivity contribution < 1.29 is 18.0 Å². The average molecular weight is 375 g/mol. The minimum absolute atomic E-state index is 0.208. The molecule has 3 rings (SSSR count). The van der Waals surface area contributed by atoms with Crippen molar-refractivity contribution in [1.29, 1.82) is 0 Å². The van der Waals surface area contributed by atoms with Crippen LogP contribution in [0.4, 0.5) is 18.9 Å². The van der Waals surface area contributed by atoms with Gasteiger partial charge in [0.25, 0.3) is 5.56 Å². The van der Waals surface area contributed by atoms with Gasteiger partial charge in [0.15, 0.2) is 0 Å². The van der Waals surface area contributed by atoms with Crippen LogP contribution < -0.4 is 10.9 Å². The summed E-state index contributed by atoms with van der Waals surface area (Å²) in [6.07, 6.45) is -3.15. The van der Waals surface area contributed by atoms with E-state index in [1.807, 2.05) is 0 Å². The van der Waals surface area contributed by atoms with E-state index in [-0.39, 0.29) is 12.1 Å². The Balaban J connectivity index is 1.97. The SMILES string of the molecule is CCC(C(=O)Nc1ccccc1C(F)(F)F)n1cnc2ccccc2c1=O. The molecular weight excluding hydrogens is 359 g/mol. The highest BCUT2D eigenvalue weighted by Crippen LogP contribution is 2.34. The van der Waals surface area contributed by atoms with Gasteiger partial charge in [0.05, 0.1) is 28.5 Å². The van der Waals surface area contributed by atoms with Gasteiger partial charge in [-0.25, -0.2) is 4.98 Å². The number of anilines is 1. The second-order valence-electron chi connectivity index (χ2n) is 5.93. The molecule has 0 aliphatic heterocycles. The maximum atomic E-state index is 13.1. The highest BCUT2D eigenvalue weighted by Gasteiger charge is 2.34. The molecule has 0 saturated carbocycles. The molecule has 0 saturated heterocycles. The van der Waals surface area contributed by atoms with Gasteiger partial charge in [-0.2, -0.15) is 13.2 Å². The highest BCUT2D eigenvalue weighted by atomic mass is 19.4. The lowest BCUT2D eigenvalue weighted by molar-refractivity contribution is -0.137. The summed E-state index contributed by atoms with van der Waals surface area (Å²) >= 11 is 0. The smallest absolute Gasteiger partial charge is 0.324 e. The lowest BCUT2D eigenvalue weighted by Gasteiger charge is -2.19. The molecule has 27 heavy (non-hydrogen) atoms. The number of amides is 1. The van der Waals surface area contributed by atoms with Gasteiger partial charge < -0.3 is 5.32 Å². The van der Waals surface area contributed by atoms with Gasteiger partial charge in [-0.15, -0.1) is 0 Å². The molecule has 0 fully saturated rings. The molecule has 0 bridgehead atoms. The lowest BCUT2D eigenvalue weighted by atomic mass is 10.1. The summed E-state index contributed by atoms with van der Waals surface area (Å²) in [5.74, 6) is -0.714. The van der Waals surface area contributed by atoms with E-state index in [0.29, 0.717) is 10.9 Å². The molecule has 0 aliphatic carbocycles. The van der Waals surface area contributed by atoms with Gasteiger partial charge >= 0.3 is 6.18 Å². The number of hydrogen-bond acceptors (Lipinski definition) is 3. The summed E-state index contributed by atoms with van der Waals surface area (Å²) < 4.78 is 40.5. The predicted molar refractivity (Wildman–Crippen MR) is 95.4 cm³/mol. The number of fused-ring (bicyclic) bond motifs is 1. The number of aromatic nitrogens is 2. The molecule has 5 nitrogen and oxygen atoms in total. The third kappa shape index (κ3) is 3.69. The number of hydrogen-bond donors (Lipinski definition) is 1. The summed E-state index contributed by atoms with van der Waals surface area (Å²) in [4.78, 5) is 29.5. The van der Waals surface area contributed by atoms with Crippen molar-refractivity contribution >= 4 is 22.5 Å². The van der Waals surface area contributed by atoms with Crippen molar-refractivity contribution in [3.8, 4) is 0 Å². The van der Waals surface area contributed by atoms with Gasteiger partial charge in [0.2, 0.25) is 5.91 Å². The Morgan fingerprint density at radius 2 is 1.81 bits per heavy atom. The van der Waals surface area contributed by atoms with E-state index in [4.69, 9.17) is 0 Å². The number of carbonyl (C=O) groups is 1. The Morgan fingerprint density at radius 1 is 1.15 bits per heavy atom. The van der Waals surface area contributed by atoms with Crippen LogP contribution in [0.1, 0.15) is 24.9 Å². The number of nitrogens with one attached hydrogen (secondary N) is 1. The largest absolute Gasteiger partial charge is 0.418 e. The normalized spacial score (nSPS) is 12.7. The van der Waals surface area contributed by atoms with E-state index >= 15 is 0 Å². The topological polar surface area (TPSA) is 64.0 Å². The molecule has 1 atom stereocenters. The first-order valence-electron chi connectivity index (χ1n) is 8.26. The van der Waals surface area contributed by atoms with Gasteiger partial charge in [0, 0.05) is 0 Å². The van der Waals surface area contributed by atoms with Crippen LogP contribution in [0.3, 0.4) is 0 Å². The van der Waals surface area contributed by atoms with E-state index < -0.39 is 29.2 Å². The van der Waals surface area contributed by atoms with Gasteiger partial charge in [-0.3, -0.25) is 14.2 Å². The number of halogens is 3. The van der Waals surface area contributed by atoms with Crippen LogP contribution in [0.25, 0.3) is 10.9 Å². The fraction of sp³-hybridized carbons (Fsp3) is 0.211. The molecule has 1 amide bonds. The Hall–Kier alpha value is -3.16. The first kappa shape index (κ1) is 18.6. The first-order chi connectivity index (χ1) is 12.8. The highest BCUT2D eigenvalue weighted by molar-refractivity contribution is 5.94. The fourth-order valence-electron chi connectivity index (χ4n) is 2.87. The minimum atomic E-state index is -4.60. The maximum Gasteiger partial charge on any atom is 0.418 e. The lowest BCUT2D eigenvalue weighted by Crippen LogP contribution is -2.33. The molecule has 1 N–H and O–H groups in total. The summed E-state index contributed by atoms with van der Waals surface area (Å²) in [6.45, 7) is 1.67. The third-order valence-corrected chi connectivity index (χ3v) is 4.21. The fourth-order valence-corrected chi connectivity index (χ4v) is 2.87. The average Bonchev–Trinajstić information content (AvgIpc) is 2.64. The van der Waals surface area contributed by atoms with E-state index in [2.05, 4.69) is 10.3 Å². The van der Waals surface area contributed by atoms with E-state index in [9.17, 15) is 22.8 Å². The zero-order valence-electron chi connectivity index (χ0n) is 14.3. The van der Waals surface area contributed by atoms with E-state index in [1.165, 1.54) is 24.5 Å². The van der Waals surface area contributed by atoms with Crippen molar-refractivity contribution in [2.45, 2.75) is 25.6 Å². The van der Waals surface area contributed by atoms with Crippen molar-refractivity contribution in [2.75, 3.05) is 5.32 Å². The summed E-state index contributed by atoms with van der Waals surface area (Å²) in [5, 5.41) is 2.63. The molecule has 1 unspecified atom stereocenters. The summed E-state index contributed by atoms with van der Waals surface area (Å²) in [5.41, 5.74) is -1.24. The standard InChI is InChI=1S/C19H16F3N3O2/c1-2-16(25-11-23-14-9-5-3-7-12(14)18(25)27)17(26)24-15-10-6-4-8-13(15)19(20,21)22/h3-11,16H,2H2,1H3,(H,24,26). The summed E-state index contributed by atoms with van der Waals surface area (Å²) in [6, 6.07) is 10.4. The van der Waals surface area contributed by atoms with Crippen LogP contribution in [0.5, 0.6) is 0 Å². The second kappa shape index (κ2) is 7.22. The molecule has 0 spiro atoms. The molecule has 1 aromatic heterocycles. The second-order valence-corrected chi connectivity index (χ2v) is 5.93. The third-order valence-electron chi connectivity index (χ3n) is 4.21. The first-order valence-corrected chi connectivity index (χ1v) is 8.26. The molecule has 1 heterocycles. The van der Waals surface area contributed by atoms with Crippen LogP contribution in [-0.2, 0) is 11.0 Å². The maximum absolute atomic E-state index is 13.1. The van der Waals surface area contributed by atoms with Crippen molar-refractivity contribution in [3.05, 3.63) is 70.8 Å². The van der Waals surface area contributed by atoms with Crippen molar-refractivity contribution in [2.24, 2.45) is 0 Å². The zero-order chi connectivity index (χ0) is 19.6. The molecule has 140 valence electrons. The molecule has 8 heteroatoms. The number of rotatable bonds is 4. The molecule has 2 aromatic carbocycles. The van der Waals surface area contributed by atoms with Crippen molar-refractivity contribution in [1.82, 2.24) is 9.55 Å². The van der Waals surface area contributed by atoms with Crippen LogP contribution in [0, 0.1) is 0 Å². The molecular formula is C19H16F3N3O2. The van der Waals surface area contributed by atoms with Gasteiger partial charge in [-0.1, -0.05) is 31.2 Å². The number of para-hydroxylation sites is 2. The summed E-state index contributed by atoms with van der Waals surface area (Å²) in [7, 11) is 0.